The quantitative estimate of drug-likeness (QED) is 0.825. The van der Waals surface area contributed by atoms with E-state index < -0.39 is 0 Å². The van der Waals surface area contributed by atoms with E-state index >= 15 is 0 Å². The summed E-state index contributed by atoms with van der Waals surface area (Å²) in [5, 5.41) is 3.56. The molecule has 4 nitrogen and oxygen atoms in total. The molecule has 0 aromatic heterocycles. The van der Waals surface area contributed by atoms with Crippen LogP contribution >= 0.6 is 11.6 Å². The van der Waals surface area contributed by atoms with Crippen LogP contribution in [-0.2, 0) is 22.6 Å². The summed E-state index contributed by atoms with van der Waals surface area (Å²) in [6.45, 7) is 4.50. The topological polar surface area (TPSA) is 49.4 Å². The zero-order chi connectivity index (χ0) is 18.2. The number of nitrogens with zero attached hydrogens (tertiary/aromatic N) is 1. The predicted molar refractivity (Wildman–Crippen MR) is 100 cm³/mol. The molecule has 0 radical (unpaired) electrons. The highest BCUT2D eigenvalue weighted by atomic mass is 35.5. The van der Waals surface area contributed by atoms with Crippen molar-refractivity contribution < 1.29 is 9.59 Å². The van der Waals surface area contributed by atoms with Crippen LogP contribution in [-0.4, -0.2) is 29.8 Å². The van der Waals surface area contributed by atoms with Gasteiger partial charge in [0.1, 0.15) is 0 Å². The Morgan fingerprint density at radius 3 is 2.44 bits per heavy atom. The van der Waals surface area contributed by atoms with Gasteiger partial charge in [0.25, 0.3) is 0 Å². The van der Waals surface area contributed by atoms with E-state index in [1.807, 2.05) is 55.5 Å². The number of amides is 2. The van der Waals surface area contributed by atoms with Crippen molar-refractivity contribution >= 4 is 23.4 Å². The second-order valence-corrected chi connectivity index (χ2v) is 6.53. The van der Waals surface area contributed by atoms with E-state index in [1.54, 1.807) is 4.90 Å². The largest absolute Gasteiger partial charge is 0.354 e. The molecule has 0 unspecified atom stereocenters. The van der Waals surface area contributed by atoms with E-state index in [-0.39, 0.29) is 18.4 Å². The zero-order valence-corrected chi connectivity index (χ0v) is 15.3. The molecule has 1 N–H and O–H groups in total. The molecule has 2 aromatic rings. The minimum absolute atomic E-state index is 0.0594. The molecule has 0 aliphatic carbocycles. The number of rotatable bonds is 7. The van der Waals surface area contributed by atoms with Crippen LogP contribution in [0.15, 0.2) is 48.5 Å². The molecule has 25 heavy (non-hydrogen) atoms. The molecular weight excluding hydrogens is 336 g/mol. The SMILES string of the molecule is CC(=O)N(CC(=O)NCCc1ccc(Cl)cc1)Cc1cccc(C)c1. The molecule has 2 amide bonds. The molecule has 2 rings (SSSR count). The second kappa shape index (κ2) is 9.23. The summed E-state index contributed by atoms with van der Waals surface area (Å²) in [4.78, 5) is 25.5. The van der Waals surface area contributed by atoms with Gasteiger partial charge < -0.3 is 10.2 Å². The third-order valence-corrected chi connectivity index (χ3v) is 4.14. The number of aryl methyl sites for hydroxylation is 1. The van der Waals surface area contributed by atoms with Crippen molar-refractivity contribution in [3.63, 3.8) is 0 Å². The number of nitrogens with one attached hydrogen (secondary N) is 1. The average Bonchev–Trinajstić information content (AvgIpc) is 2.56. The minimum atomic E-state index is -0.156. The van der Waals surface area contributed by atoms with Gasteiger partial charge in [-0.2, -0.15) is 0 Å². The van der Waals surface area contributed by atoms with Gasteiger partial charge in [-0.15, -0.1) is 0 Å². The highest BCUT2D eigenvalue weighted by Gasteiger charge is 2.14. The predicted octanol–water partition coefficient (Wildman–Crippen LogP) is 3.36. The van der Waals surface area contributed by atoms with Crippen molar-refractivity contribution in [2.75, 3.05) is 13.1 Å². The van der Waals surface area contributed by atoms with Gasteiger partial charge in [0, 0.05) is 25.0 Å². The minimum Gasteiger partial charge on any atom is -0.354 e. The lowest BCUT2D eigenvalue weighted by Gasteiger charge is -2.21. The molecule has 0 aliphatic heterocycles. The van der Waals surface area contributed by atoms with Crippen LogP contribution in [0.25, 0.3) is 0 Å². The van der Waals surface area contributed by atoms with E-state index in [9.17, 15) is 9.59 Å². The molecule has 132 valence electrons. The van der Waals surface area contributed by atoms with Gasteiger partial charge in [-0.3, -0.25) is 9.59 Å². The fourth-order valence-corrected chi connectivity index (χ4v) is 2.66. The summed E-state index contributed by atoms with van der Waals surface area (Å²) in [6.07, 6.45) is 0.723. The fourth-order valence-electron chi connectivity index (χ4n) is 2.54. The Kier molecular flexibility index (Phi) is 7.02. The number of halogens is 1. The summed E-state index contributed by atoms with van der Waals surface area (Å²) in [7, 11) is 0. The van der Waals surface area contributed by atoms with Gasteiger partial charge in [0.15, 0.2) is 0 Å². The molecule has 0 spiro atoms. The maximum Gasteiger partial charge on any atom is 0.239 e. The number of hydrogen-bond acceptors (Lipinski definition) is 2. The summed E-state index contributed by atoms with van der Waals surface area (Å²) in [5.74, 6) is -0.272. The smallest absolute Gasteiger partial charge is 0.239 e. The molecule has 0 aliphatic rings. The molecule has 5 heteroatoms. The maximum absolute atomic E-state index is 12.1. The summed E-state index contributed by atoms with van der Waals surface area (Å²) >= 11 is 5.85. The number of benzene rings is 2. The molecule has 0 saturated carbocycles. The first-order valence-corrected chi connectivity index (χ1v) is 8.64. The monoisotopic (exact) mass is 358 g/mol. The van der Waals surface area contributed by atoms with E-state index in [1.165, 1.54) is 6.92 Å². The Hall–Kier alpha value is -2.33. The Balaban J connectivity index is 1.83. The Labute approximate surface area is 153 Å². The van der Waals surface area contributed by atoms with Gasteiger partial charge in [-0.05, 0) is 36.6 Å². The second-order valence-electron chi connectivity index (χ2n) is 6.09. The highest BCUT2D eigenvalue weighted by molar-refractivity contribution is 6.30. The van der Waals surface area contributed by atoms with Crippen molar-refractivity contribution in [2.24, 2.45) is 0 Å². The van der Waals surface area contributed by atoms with Gasteiger partial charge >= 0.3 is 0 Å². The third kappa shape index (κ3) is 6.59. The molecule has 2 aromatic carbocycles. The molecule has 0 heterocycles. The number of hydrogen-bond donors (Lipinski definition) is 1. The van der Waals surface area contributed by atoms with Crippen molar-refractivity contribution in [2.45, 2.75) is 26.8 Å². The van der Waals surface area contributed by atoms with Crippen LogP contribution in [0.1, 0.15) is 23.6 Å². The summed E-state index contributed by atoms with van der Waals surface area (Å²) < 4.78 is 0. The van der Waals surface area contributed by atoms with E-state index in [0.717, 1.165) is 23.1 Å². The fraction of sp³-hybridized carbons (Fsp3) is 0.300. The molecular formula is C20H23ClN2O2. The highest BCUT2D eigenvalue weighted by Crippen LogP contribution is 2.10. The van der Waals surface area contributed by atoms with Crippen LogP contribution < -0.4 is 5.32 Å². The lowest BCUT2D eigenvalue weighted by molar-refractivity contribution is -0.134. The molecule has 0 saturated heterocycles. The van der Waals surface area contributed by atoms with Gasteiger partial charge in [-0.1, -0.05) is 53.6 Å². The van der Waals surface area contributed by atoms with Crippen LogP contribution in [0, 0.1) is 6.92 Å². The van der Waals surface area contributed by atoms with Gasteiger partial charge in [0.2, 0.25) is 11.8 Å². The summed E-state index contributed by atoms with van der Waals surface area (Å²) in [6, 6.07) is 15.5. The Morgan fingerprint density at radius 2 is 1.80 bits per heavy atom. The zero-order valence-electron chi connectivity index (χ0n) is 14.6. The van der Waals surface area contributed by atoms with Crippen LogP contribution in [0.4, 0.5) is 0 Å². The first-order valence-electron chi connectivity index (χ1n) is 8.26. The maximum atomic E-state index is 12.1. The molecule has 0 bridgehead atoms. The first kappa shape index (κ1) is 19.0. The van der Waals surface area contributed by atoms with E-state index in [4.69, 9.17) is 11.6 Å². The first-order chi connectivity index (χ1) is 11.9. The third-order valence-electron chi connectivity index (χ3n) is 3.88. The van der Waals surface area contributed by atoms with E-state index in [0.29, 0.717) is 18.1 Å². The van der Waals surface area contributed by atoms with Crippen molar-refractivity contribution in [3.8, 4) is 0 Å². The van der Waals surface area contributed by atoms with E-state index in [2.05, 4.69) is 5.32 Å². The van der Waals surface area contributed by atoms with Gasteiger partial charge in [0.05, 0.1) is 6.54 Å². The van der Waals surface area contributed by atoms with Gasteiger partial charge in [-0.25, -0.2) is 0 Å². The number of carbonyl (C=O) groups is 2. The van der Waals surface area contributed by atoms with Crippen LogP contribution in [0.3, 0.4) is 0 Å². The van der Waals surface area contributed by atoms with Crippen molar-refractivity contribution in [1.82, 2.24) is 10.2 Å². The lowest BCUT2D eigenvalue weighted by atomic mass is 10.1. The Morgan fingerprint density at radius 1 is 1.08 bits per heavy atom. The van der Waals surface area contributed by atoms with Crippen LogP contribution in [0.2, 0.25) is 5.02 Å². The normalized spacial score (nSPS) is 10.4. The van der Waals surface area contributed by atoms with Crippen LogP contribution in [0.5, 0.6) is 0 Å². The number of carbonyl (C=O) groups excluding carboxylic acids is 2. The van der Waals surface area contributed by atoms with Crippen molar-refractivity contribution in [1.29, 1.82) is 0 Å². The Bertz CT molecular complexity index is 729. The molecule has 0 atom stereocenters. The summed E-state index contributed by atoms with van der Waals surface area (Å²) in [5.41, 5.74) is 3.26. The molecule has 0 fully saturated rings. The van der Waals surface area contributed by atoms with Crippen molar-refractivity contribution in [3.05, 3.63) is 70.2 Å². The lowest BCUT2D eigenvalue weighted by Crippen LogP contribution is -2.39. The standard InChI is InChI=1S/C20H23ClN2O2/c1-15-4-3-5-18(12-15)13-23(16(2)24)14-20(25)22-11-10-17-6-8-19(21)9-7-17/h3-9,12H,10-11,13-14H2,1-2H3,(H,22,25). The average molecular weight is 359 g/mol.